The first-order valence-corrected chi connectivity index (χ1v) is 5.50. The van der Waals surface area contributed by atoms with Gasteiger partial charge in [0.2, 0.25) is 0 Å². The second kappa shape index (κ2) is 5.88. The smallest absolute Gasteiger partial charge is 0.0666 e. The van der Waals surface area contributed by atoms with Crippen molar-refractivity contribution < 1.29 is 0 Å². The van der Waals surface area contributed by atoms with Crippen LogP contribution in [0.4, 0.5) is 0 Å². The summed E-state index contributed by atoms with van der Waals surface area (Å²) in [5.41, 5.74) is 2.52. The van der Waals surface area contributed by atoms with Crippen LogP contribution in [0.1, 0.15) is 18.2 Å². The molecule has 86 valence electrons. The van der Waals surface area contributed by atoms with Gasteiger partial charge in [0, 0.05) is 38.4 Å². The van der Waals surface area contributed by atoms with E-state index in [2.05, 4.69) is 42.5 Å². The molecule has 0 saturated carbocycles. The van der Waals surface area contributed by atoms with E-state index >= 15 is 0 Å². The number of aryl methyl sites for hydroxylation is 2. The van der Waals surface area contributed by atoms with Crippen LogP contribution in [-0.4, -0.2) is 41.9 Å². The van der Waals surface area contributed by atoms with Crippen molar-refractivity contribution in [2.45, 2.75) is 19.9 Å². The van der Waals surface area contributed by atoms with Gasteiger partial charge in [-0.1, -0.05) is 6.92 Å². The Kier molecular flexibility index (Phi) is 4.78. The second-order valence-corrected chi connectivity index (χ2v) is 4.11. The molecule has 0 spiro atoms. The summed E-state index contributed by atoms with van der Waals surface area (Å²) in [6, 6.07) is 0. The highest BCUT2D eigenvalue weighted by Crippen LogP contribution is 2.06. The van der Waals surface area contributed by atoms with Crippen LogP contribution in [0.5, 0.6) is 0 Å². The molecule has 0 aromatic carbocycles. The van der Waals surface area contributed by atoms with E-state index in [4.69, 9.17) is 0 Å². The van der Waals surface area contributed by atoms with Crippen molar-refractivity contribution in [1.82, 2.24) is 20.0 Å². The molecule has 0 fully saturated rings. The number of nitrogens with one attached hydrogen (secondary N) is 1. The molecule has 4 nitrogen and oxygen atoms in total. The van der Waals surface area contributed by atoms with Gasteiger partial charge in [-0.05, 0) is 20.5 Å². The quantitative estimate of drug-likeness (QED) is 0.699. The monoisotopic (exact) mass is 210 g/mol. The Balaban J connectivity index is 2.36. The van der Waals surface area contributed by atoms with Crippen molar-refractivity contribution in [3.8, 4) is 0 Å². The third-order valence-electron chi connectivity index (χ3n) is 2.38. The molecule has 0 aliphatic carbocycles. The molecule has 0 amide bonds. The van der Waals surface area contributed by atoms with Crippen LogP contribution in [0.25, 0.3) is 0 Å². The lowest BCUT2D eigenvalue weighted by molar-refractivity contribution is 0.400. The van der Waals surface area contributed by atoms with Gasteiger partial charge in [0.05, 0.1) is 5.69 Å². The summed E-state index contributed by atoms with van der Waals surface area (Å²) in [6.45, 7) is 5.16. The predicted octanol–water partition coefficient (Wildman–Crippen LogP) is 0.634. The van der Waals surface area contributed by atoms with Crippen LogP contribution in [-0.2, 0) is 20.0 Å². The van der Waals surface area contributed by atoms with Crippen LogP contribution in [0, 0.1) is 0 Å². The summed E-state index contributed by atoms with van der Waals surface area (Å²) < 4.78 is 1.89. The first-order chi connectivity index (χ1) is 7.13. The van der Waals surface area contributed by atoms with Gasteiger partial charge in [-0.15, -0.1) is 0 Å². The van der Waals surface area contributed by atoms with Gasteiger partial charge in [0.1, 0.15) is 0 Å². The number of likely N-dealkylation sites (N-methyl/N-ethyl adjacent to an activating group) is 1. The first-order valence-electron chi connectivity index (χ1n) is 5.50. The van der Waals surface area contributed by atoms with E-state index in [1.807, 2.05) is 11.7 Å². The lowest BCUT2D eigenvalue weighted by atomic mass is 10.2. The van der Waals surface area contributed by atoms with Gasteiger partial charge in [0.25, 0.3) is 0 Å². The standard InChI is InChI=1S/C11H22N4/c1-5-11-10(9-15(4)13-11)8-12-6-7-14(2)3/h9,12H,5-8H2,1-4H3. The van der Waals surface area contributed by atoms with Crippen LogP contribution in [0.3, 0.4) is 0 Å². The lowest BCUT2D eigenvalue weighted by Crippen LogP contribution is -2.26. The summed E-state index contributed by atoms with van der Waals surface area (Å²) in [5, 5.41) is 7.84. The zero-order chi connectivity index (χ0) is 11.3. The van der Waals surface area contributed by atoms with E-state index in [1.165, 1.54) is 11.3 Å². The summed E-state index contributed by atoms with van der Waals surface area (Å²) >= 11 is 0. The molecule has 1 N–H and O–H groups in total. The van der Waals surface area contributed by atoms with Crippen LogP contribution in [0.15, 0.2) is 6.20 Å². The van der Waals surface area contributed by atoms with Gasteiger partial charge in [-0.25, -0.2) is 0 Å². The molecule has 0 aliphatic rings. The van der Waals surface area contributed by atoms with Crippen LogP contribution >= 0.6 is 0 Å². The molecule has 1 rings (SSSR count). The molecule has 1 aromatic rings. The van der Waals surface area contributed by atoms with Crippen molar-refractivity contribution in [2.24, 2.45) is 7.05 Å². The lowest BCUT2D eigenvalue weighted by Gasteiger charge is -2.09. The van der Waals surface area contributed by atoms with Gasteiger partial charge in [0.15, 0.2) is 0 Å². The number of nitrogens with zero attached hydrogens (tertiary/aromatic N) is 3. The third kappa shape index (κ3) is 4.01. The maximum atomic E-state index is 4.41. The van der Waals surface area contributed by atoms with Gasteiger partial charge in [-0.3, -0.25) is 4.68 Å². The van der Waals surface area contributed by atoms with Gasteiger partial charge < -0.3 is 10.2 Å². The molecule has 0 unspecified atom stereocenters. The Morgan fingerprint density at radius 2 is 2.20 bits per heavy atom. The van der Waals surface area contributed by atoms with Crippen molar-refractivity contribution in [3.63, 3.8) is 0 Å². The maximum absolute atomic E-state index is 4.41. The molecule has 0 radical (unpaired) electrons. The highest BCUT2D eigenvalue weighted by Gasteiger charge is 2.04. The second-order valence-electron chi connectivity index (χ2n) is 4.11. The average Bonchev–Trinajstić information content (AvgIpc) is 2.53. The van der Waals surface area contributed by atoms with E-state index in [1.54, 1.807) is 0 Å². The summed E-state index contributed by atoms with van der Waals surface area (Å²) in [4.78, 5) is 2.18. The molecular weight excluding hydrogens is 188 g/mol. The van der Waals surface area contributed by atoms with E-state index in [9.17, 15) is 0 Å². The first kappa shape index (κ1) is 12.2. The normalized spacial score (nSPS) is 11.3. The van der Waals surface area contributed by atoms with Crippen molar-refractivity contribution in [2.75, 3.05) is 27.2 Å². The Bertz CT molecular complexity index is 291. The molecule has 0 saturated heterocycles. The van der Waals surface area contributed by atoms with Crippen LogP contribution < -0.4 is 5.32 Å². The topological polar surface area (TPSA) is 33.1 Å². The average molecular weight is 210 g/mol. The zero-order valence-electron chi connectivity index (χ0n) is 10.2. The molecule has 0 atom stereocenters. The Morgan fingerprint density at radius 1 is 1.47 bits per heavy atom. The summed E-state index contributed by atoms with van der Waals surface area (Å²) in [5.74, 6) is 0. The minimum Gasteiger partial charge on any atom is -0.311 e. The maximum Gasteiger partial charge on any atom is 0.0666 e. The number of hydrogen-bond acceptors (Lipinski definition) is 3. The van der Waals surface area contributed by atoms with Crippen molar-refractivity contribution in [3.05, 3.63) is 17.5 Å². The number of hydrogen-bond donors (Lipinski definition) is 1. The van der Waals surface area contributed by atoms with E-state index < -0.39 is 0 Å². The van der Waals surface area contributed by atoms with Crippen LogP contribution in [0.2, 0.25) is 0 Å². The molecule has 0 aliphatic heterocycles. The third-order valence-corrected chi connectivity index (χ3v) is 2.38. The van der Waals surface area contributed by atoms with Crippen molar-refractivity contribution in [1.29, 1.82) is 0 Å². The van der Waals surface area contributed by atoms with E-state index in [-0.39, 0.29) is 0 Å². The SMILES string of the molecule is CCc1nn(C)cc1CNCCN(C)C. The number of aromatic nitrogens is 2. The fraction of sp³-hybridized carbons (Fsp3) is 0.727. The molecule has 1 heterocycles. The number of rotatable bonds is 6. The molecule has 1 aromatic heterocycles. The minimum absolute atomic E-state index is 0.921. The fourth-order valence-electron chi connectivity index (χ4n) is 1.55. The summed E-state index contributed by atoms with van der Waals surface area (Å²) in [6.07, 6.45) is 3.10. The highest BCUT2D eigenvalue weighted by molar-refractivity contribution is 5.16. The zero-order valence-corrected chi connectivity index (χ0v) is 10.2. The molecule has 15 heavy (non-hydrogen) atoms. The summed E-state index contributed by atoms with van der Waals surface area (Å²) in [7, 11) is 6.15. The molecule has 4 heteroatoms. The fourth-order valence-corrected chi connectivity index (χ4v) is 1.55. The highest BCUT2D eigenvalue weighted by atomic mass is 15.3. The predicted molar refractivity (Wildman–Crippen MR) is 62.8 cm³/mol. The Morgan fingerprint density at radius 3 is 2.80 bits per heavy atom. The van der Waals surface area contributed by atoms with Gasteiger partial charge in [-0.2, -0.15) is 5.10 Å². The Hall–Kier alpha value is -0.870. The minimum atomic E-state index is 0.921. The van der Waals surface area contributed by atoms with E-state index in [0.717, 1.165) is 26.1 Å². The Labute approximate surface area is 92.3 Å². The molecule has 0 bridgehead atoms. The van der Waals surface area contributed by atoms with Crippen molar-refractivity contribution >= 4 is 0 Å². The largest absolute Gasteiger partial charge is 0.311 e. The molecular formula is C11H22N4. The van der Waals surface area contributed by atoms with Gasteiger partial charge >= 0.3 is 0 Å². The van der Waals surface area contributed by atoms with E-state index in [0.29, 0.717) is 0 Å².